The van der Waals surface area contributed by atoms with Gasteiger partial charge in [0.15, 0.2) is 0 Å². The van der Waals surface area contributed by atoms with Gasteiger partial charge in [0.2, 0.25) is 11.8 Å². The molecule has 0 aliphatic carbocycles. The van der Waals surface area contributed by atoms with Gasteiger partial charge in [-0.15, -0.1) is 5.10 Å². The monoisotopic (exact) mass is 265 g/mol. The van der Waals surface area contributed by atoms with E-state index in [0.29, 0.717) is 24.6 Å². The van der Waals surface area contributed by atoms with Crippen molar-refractivity contribution in [2.75, 3.05) is 6.54 Å². The summed E-state index contributed by atoms with van der Waals surface area (Å²) in [5.41, 5.74) is 0.694. The van der Waals surface area contributed by atoms with Crippen molar-refractivity contribution in [1.29, 1.82) is 0 Å². The van der Waals surface area contributed by atoms with E-state index in [9.17, 15) is 9.59 Å². The Labute approximate surface area is 112 Å². The first-order valence-electron chi connectivity index (χ1n) is 6.39. The Balaban J connectivity index is 2.16. The minimum absolute atomic E-state index is 0.0632. The third kappa shape index (κ3) is 3.10. The predicted molar refractivity (Wildman–Crippen MR) is 67.8 cm³/mol. The van der Waals surface area contributed by atoms with E-state index in [1.807, 2.05) is 13.8 Å². The van der Waals surface area contributed by atoms with Crippen LogP contribution < -0.4 is 5.32 Å². The van der Waals surface area contributed by atoms with Crippen LogP contribution in [0.25, 0.3) is 0 Å². The third-order valence-electron chi connectivity index (χ3n) is 3.09. The molecule has 7 nitrogen and oxygen atoms in total. The minimum Gasteiger partial charge on any atom is -0.345 e. The fourth-order valence-corrected chi connectivity index (χ4v) is 2.22. The number of carbonyl (C=O) groups excluding carboxylic acids is 2. The number of aryl methyl sites for hydroxylation is 1. The summed E-state index contributed by atoms with van der Waals surface area (Å²) in [4.78, 5) is 25.5. The van der Waals surface area contributed by atoms with Crippen molar-refractivity contribution in [3.63, 3.8) is 0 Å². The number of piperazine rings is 1. The van der Waals surface area contributed by atoms with Crippen molar-refractivity contribution in [2.45, 2.75) is 32.9 Å². The molecule has 2 rings (SSSR count). The van der Waals surface area contributed by atoms with Crippen molar-refractivity contribution in [3.05, 3.63) is 11.9 Å². The zero-order valence-corrected chi connectivity index (χ0v) is 11.5. The van der Waals surface area contributed by atoms with Crippen LogP contribution >= 0.6 is 0 Å². The maximum atomic E-state index is 12.0. The largest absolute Gasteiger partial charge is 0.345 e. The maximum Gasteiger partial charge on any atom is 0.243 e. The van der Waals surface area contributed by atoms with E-state index in [-0.39, 0.29) is 18.4 Å². The summed E-state index contributed by atoms with van der Waals surface area (Å²) in [5, 5.41) is 10.4. The lowest BCUT2D eigenvalue weighted by Crippen LogP contribution is -2.58. The standard InChI is InChI=1S/C12H19N5O2/c1-8(2)4-10-12(19)13-5-11(18)17(10)7-9-6-16(3)15-14-9/h6,8,10H,4-5,7H2,1-3H3,(H,13,19). The highest BCUT2D eigenvalue weighted by atomic mass is 16.2. The molecule has 104 valence electrons. The van der Waals surface area contributed by atoms with Crippen LogP contribution in [0.2, 0.25) is 0 Å². The SMILES string of the molecule is CC(C)CC1C(=O)NCC(=O)N1Cc1cn(C)nn1. The highest BCUT2D eigenvalue weighted by Crippen LogP contribution is 2.17. The van der Waals surface area contributed by atoms with Crippen LogP contribution in [0.1, 0.15) is 26.0 Å². The Hall–Kier alpha value is -1.92. The smallest absolute Gasteiger partial charge is 0.243 e. The van der Waals surface area contributed by atoms with E-state index in [1.54, 1.807) is 22.8 Å². The number of aromatic nitrogens is 3. The Bertz CT molecular complexity index is 482. The molecule has 1 saturated heterocycles. The molecule has 7 heteroatoms. The maximum absolute atomic E-state index is 12.0. The molecule has 1 aliphatic heterocycles. The number of nitrogens with zero attached hydrogens (tertiary/aromatic N) is 4. The number of nitrogens with one attached hydrogen (secondary N) is 1. The quantitative estimate of drug-likeness (QED) is 0.809. The molecule has 1 aliphatic rings. The van der Waals surface area contributed by atoms with E-state index >= 15 is 0 Å². The van der Waals surface area contributed by atoms with Gasteiger partial charge >= 0.3 is 0 Å². The second kappa shape index (κ2) is 5.38. The van der Waals surface area contributed by atoms with Gasteiger partial charge < -0.3 is 10.2 Å². The summed E-state index contributed by atoms with van der Waals surface area (Å²) in [5.74, 6) is 0.180. The Kier molecular flexibility index (Phi) is 3.82. The van der Waals surface area contributed by atoms with Gasteiger partial charge in [0, 0.05) is 13.2 Å². The molecule has 2 heterocycles. The fraction of sp³-hybridized carbons (Fsp3) is 0.667. The van der Waals surface area contributed by atoms with Gasteiger partial charge in [-0.25, -0.2) is 0 Å². The molecule has 0 radical (unpaired) electrons. The van der Waals surface area contributed by atoms with Crippen LogP contribution in [0.4, 0.5) is 0 Å². The van der Waals surface area contributed by atoms with Crippen LogP contribution in [0, 0.1) is 5.92 Å². The van der Waals surface area contributed by atoms with E-state index in [1.165, 1.54) is 0 Å². The zero-order valence-electron chi connectivity index (χ0n) is 11.5. The van der Waals surface area contributed by atoms with Crippen molar-refractivity contribution < 1.29 is 9.59 Å². The summed E-state index contributed by atoms with van der Waals surface area (Å²) in [6.45, 7) is 4.46. The molecule has 1 N–H and O–H groups in total. The number of hydrogen-bond donors (Lipinski definition) is 1. The molecule has 1 aromatic heterocycles. The van der Waals surface area contributed by atoms with E-state index in [0.717, 1.165) is 0 Å². The number of amides is 2. The van der Waals surface area contributed by atoms with Crippen molar-refractivity contribution in [2.24, 2.45) is 13.0 Å². The molecule has 0 spiro atoms. The van der Waals surface area contributed by atoms with Crippen molar-refractivity contribution in [1.82, 2.24) is 25.2 Å². The van der Waals surface area contributed by atoms with Gasteiger partial charge in [0.1, 0.15) is 11.7 Å². The topological polar surface area (TPSA) is 80.1 Å². The molecular weight excluding hydrogens is 246 g/mol. The molecule has 0 saturated carbocycles. The third-order valence-corrected chi connectivity index (χ3v) is 3.09. The normalized spacial score (nSPS) is 20.0. The van der Waals surface area contributed by atoms with Crippen LogP contribution in [0.15, 0.2) is 6.20 Å². The molecule has 1 aromatic rings. The van der Waals surface area contributed by atoms with Crippen molar-refractivity contribution >= 4 is 11.8 Å². The molecule has 19 heavy (non-hydrogen) atoms. The molecule has 2 amide bonds. The molecule has 1 atom stereocenters. The number of hydrogen-bond acceptors (Lipinski definition) is 4. The van der Waals surface area contributed by atoms with Crippen LogP contribution in [-0.2, 0) is 23.2 Å². The lowest BCUT2D eigenvalue weighted by atomic mass is 9.99. The molecule has 1 unspecified atom stereocenters. The zero-order chi connectivity index (χ0) is 14.0. The average Bonchev–Trinajstić information content (AvgIpc) is 2.74. The Morgan fingerprint density at radius 3 is 2.79 bits per heavy atom. The van der Waals surface area contributed by atoms with Gasteiger partial charge in [0.05, 0.1) is 13.1 Å². The average molecular weight is 265 g/mol. The van der Waals surface area contributed by atoms with E-state index in [4.69, 9.17) is 0 Å². The predicted octanol–water partition coefficient (Wildman–Crippen LogP) is -0.312. The summed E-state index contributed by atoms with van der Waals surface area (Å²) < 4.78 is 1.58. The Morgan fingerprint density at radius 2 is 2.21 bits per heavy atom. The minimum atomic E-state index is -0.414. The number of carbonyl (C=O) groups is 2. The van der Waals surface area contributed by atoms with Gasteiger partial charge in [-0.2, -0.15) is 0 Å². The molecule has 0 aromatic carbocycles. The first kappa shape index (κ1) is 13.5. The molecule has 1 fully saturated rings. The fourth-order valence-electron chi connectivity index (χ4n) is 2.22. The second-order valence-electron chi connectivity index (χ2n) is 5.27. The summed E-state index contributed by atoms with van der Waals surface area (Å²) >= 11 is 0. The van der Waals surface area contributed by atoms with Gasteiger partial charge in [-0.05, 0) is 12.3 Å². The first-order valence-corrected chi connectivity index (χ1v) is 6.39. The van der Waals surface area contributed by atoms with E-state index in [2.05, 4.69) is 15.6 Å². The summed E-state index contributed by atoms with van der Waals surface area (Å²) in [7, 11) is 1.77. The van der Waals surface area contributed by atoms with Gasteiger partial charge in [-0.1, -0.05) is 19.1 Å². The van der Waals surface area contributed by atoms with Crippen LogP contribution in [-0.4, -0.2) is 44.3 Å². The number of rotatable bonds is 4. The Morgan fingerprint density at radius 1 is 1.47 bits per heavy atom. The lowest BCUT2D eigenvalue weighted by molar-refractivity contribution is -0.146. The van der Waals surface area contributed by atoms with Crippen molar-refractivity contribution in [3.8, 4) is 0 Å². The lowest BCUT2D eigenvalue weighted by Gasteiger charge is -2.35. The summed E-state index contributed by atoms with van der Waals surface area (Å²) in [6, 6.07) is -0.414. The molecule has 0 bridgehead atoms. The summed E-state index contributed by atoms with van der Waals surface area (Å²) in [6.07, 6.45) is 2.41. The van der Waals surface area contributed by atoms with Gasteiger partial charge in [-0.3, -0.25) is 14.3 Å². The van der Waals surface area contributed by atoms with E-state index < -0.39 is 6.04 Å². The van der Waals surface area contributed by atoms with Gasteiger partial charge in [0.25, 0.3) is 0 Å². The van der Waals surface area contributed by atoms with Crippen LogP contribution in [0.3, 0.4) is 0 Å². The van der Waals surface area contributed by atoms with Crippen LogP contribution in [0.5, 0.6) is 0 Å². The second-order valence-corrected chi connectivity index (χ2v) is 5.27. The first-order chi connectivity index (χ1) is 8.97. The highest BCUT2D eigenvalue weighted by Gasteiger charge is 2.35. The molecular formula is C12H19N5O2. The highest BCUT2D eigenvalue weighted by molar-refractivity contribution is 5.94.